The summed E-state index contributed by atoms with van der Waals surface area (Å²) in [5, 5.41) is 0.233. The molecule has 1 aliphatic rings. The first-order chi connectivity index (χ1) is 14.0. The Balaban J connectivity index is 1.63. The standard InChI is InChI=1S/C23H28FN3O2/c1-18(2)17-26(20-9-5-3-6-10-20)23(29)25-15-13-19(14-16-25)22(28)27(24)21-11-7-4-8-12-21/h3-12,18-19H,13-17H2,1-2H3. The monoisotopic (exact) mass is 397 g/mol. The molecule has 1 saturated heterocycles. The largest absolute Gasteiger partial charge is 0.324 e. The predicted octanol–water partition coefficient (Wildman–Crippen LogP) is 4.90. The predicted molar refractivity (Wildman–Crippen MR) is 113 cm³/mol. The molecule has 2 aromatic rings. The van der Waals surface area contributed by atoms with E-state index in [1.165, 1.54) is 0 Å². The molecule has 0 bridgehead atoms. The van der Waals surface area contributed by atoms with E-state index in [0.29, 0.717) is 38.4 Å². The lowest BCUT2D eigenvalue weighted by atomic mass is 9.96. The van der Waals surface area contributed by atoms with Crippen LogP contribution in [-0.4, -0.2) is 36.5 Å². The van der Waals surface area contributed by atoms with Crippen LogP contribution in [0.25, 0.3) is 0 Å². The molecule has 0 unspecified atom stereocenters. The van der Waals surface area contributed by atoms with Crippen LogP contribution in [0.1, 0.15) is 26.7 Å². The van der Waals surface area contributed by atoms with Crippen molar-refractivity contribution in [1.82, 2.24) is 4.90 Å². The number of para-hydroxylation sites is 2. The average molecular weight is 397 g/mol. The molecule has 0 aromatic heterocycles. The molecular weight excluding hydrogens is 369 g/mol. The summed E-state index contributed by atoms with van der Waals surface area (Å²) < 4.78 is 14.5. The lowest BCUT2D eigenvalue weighted by Gasteiger charge is -2.36. The first-order valence-corrected chi connectivity index (χ1v) is 10.1. The summed E-state index contributed by atoms with van der Waals surface area (Å²) >= 11 is 0. The van der Waals surface area contributed by atoms with Gasteiger partial charge in [0.2, 0.25) is 0 Å². The van der Waals surface area contributed by atoms with E-state index in [1.807, 2.05) is 30.3 Å². The molecule has 0 spiro atoms. The highest BCUT2D eigenvalue weighted by molar-refractivity contribution is 5.94. The molecule has 154 valence electrons. The van der Waals surface area contributed by atoms with E-state index in [-0.39, 0.29) is 16.8 Å². The van der Waals surface area contributed by atoms with Gasteiger partial charge in [0.15, 0.2) is 0 Å². The molecule has 0 atom stereocenters. The minimum absolute atomic E-state index is 0.0593. The van der Waals surface area contributed by atoms with Crippen LogP contribution in [0.2, 0.25) is 0 Å². The van der Waals surface area contributed by atoms with Crippen molar-refractivity contribution in [2.75, 3.05) is 29.7 Å². The van der Waals surface area contributed by atoms with Gasteiger partial charge in [0.1, 0.15) is 0 Å². The Morgan fingerprint density at radius 3 is 2.00 bits per heavy atom. The van der Waals surface area contributed by atoms with Crippen molar-refractivity contribution in [2.24, 2.45) is 11.8 Å². The lowest BCUT2D eigenvalue weighted by Crippen LogP contribution is -2.49. The van der Waals surface area contributed by atoms with Gasteiger partial charge in [-0.25, -0.2) is 4.79 Å². The van der Waals surface area contributed by atoms with Gasteiger partial charge in [-0.1, -0.05) is 54.7 Å². The Morgan fingerprint density at radius 2 is 1.48 bits per heavy atom. The van der Waals surface area contributed by atoms with Gasteiger partial charge in [-0.05, 0) is 43.0 Å². The Morgan fingerprint density at radius 1 is 0.966 bits per heavy atom. The number of anilines is 2. The number of piperidine rings is 1. The molecule has 1 heterocycles. The van der Waals surface area contributed by atoms with Gasteiger partial charge in [-0.3, -0.25) is 9.69 Å². The van der Waals surface area contributed by atoms with Crippen LogP contribution in [-0.2, 0) is 4.79 Å². The van der Waals surface area contributed by atoms with Gasteiger partial charge in [0.05, 0.1) is 5.69 Å². The number of likely N-dealkylation sites (tertiary alicyclic amines) is 1. The summed E-state index contributed by atoms with van der Waals surface area (Å²) in [5.74, 6) is -0.630. The molecule has 1 fully saturated rings. The third kappa shape index (κ3) is 5.13. The third-order valence-corrected chi connectivity index (χ3v) is 5.14. The fourth-order valence-electron chi connectivity index (χ4n) is 3.60. The van der Waals surface area contributed by atoms with Crippen LogP contribution in [0.3, 0.4) is 0 Å². The van der Waals surface area contributed by atoms with Crippen molar-refractivity contribution >= 4 is 23.3 Å². The van der Waals surface area contributed by atoms with Crippen LogP contribution in [0.15, 0.2) is 60.7 Å². The maximum Gasteiger partial charge on any atom is 0.324 e. The molecule has 3 rings (SSSR count). The van der Waals surface area contributed by atoms with Crippen molar-refractivity contribution in [1.29, 1.82) is 0 Å². The highest BCUT2D eigenvalue weighted by atomic mass is 19.2. The average Bonchev–Trinajstić information content (AvgIpc) is 2.77. The van der Waals surface area contributed by atoms with Crippen LogP contribution in [0.4, 0.5) is 20.7 Å². The third-order valence-electron chi connectivity index (χ3n) is 5.14. The van der Waals surface area contributed by atoms with Crippen molar-refractivity contribution in [3.05, 3.63) is 60.7 Å². The topological polar surface area (TPSA) is 43.9 Å². The van der Waals surface area contributed by atoms with Crippen molar-refractivity contribution in [3.63, 3.8) is 0 Å². The zero-order valence-corrected chi connectivity index (χ0v) is 17.0. The molecule has 0 aliphatic carbocycles. The fraction of sp³-hybridized carbons (Fsp3) is 0.391. The van der Waals surface area contributed by atoms with Crippen LogP contribution in [0.5, 0.6) is 0 Å². The van der Waals surface area contributed by atoms with E-state index in [0.717, 1.165) is 5.69 Å². The molecule has 0 radical (unpaired) electrons. The molecule has 5 nitrogen and oxygen atoms in total. The van der Waals surface area contributed by atoms with Crippen LogP contribution >= 0.6 is 0 Å². The molecule has 3 amide bonds. The smallest absolute Gasteiger partial charge is 0.324 e. The Hall–Kier alpha value is -2.89. The van der Waals surface area contributed by atoms with Gasteiger partial charge >= 0.3 is 6.03 Å². The minimum Gasteiger partial charge on any atom is -0.324 e. The second-order valence-electron chi connectivity index (χ2n) is 7.84. The summed E-state index contributed by atoms with van der Waals surface area (Å²) in [6, 6.07) is 17.9. The molecule has 0 saturated carbocycles. The summed E-state index contributed by atoms with van der Waals surface area (Å²) in [5.41, 5.74) is 1.10. The van der Waals surface area contributed by atoms with Crippen LogP contribution < -0.4 is 10.0 Å². The maximum atomic E-state index is 14.5. The highest BCUT2D eigenvalue weighted by Crippen LogP contribution is 2.25. The van der Waals surface area contributed by atoms with E-state index >= 15 is 0 Å². The second kappa shape index (κ2) is 9.54. The Bertz CT molecular complexity index is 805. The van der Waals surface area contributed by atoms with Gasteiger partial charge in [-0.15, -0.1) is 5.12 Å². The molecule has 2 aromatic carbocycles. The van der Waals surface area contributed by atoms with E-state index in [2.05, 4.69) is 13.8 Å². The first kappa shape index (κ1) is 20.8. The quantitative estimate of drug-likeness (QED) is 0.674. The number of hydrogen-bond donors (Lipinski definition) is 0. The molecular formula is C23H28FN3O2. The lowest BCUT2D eigenvalue weighted by molar-refractivity contribution is -0.126. The Labute approximate surface area is 171 Å². The number of hydrogen-bond acceptors (Lipinski definition) is 2. The molecule has 6 heteroatoms. The zero-order valence-electron chi connectivity index (χ0n) is 17.0. The SMILES string of the molecule is CC(C)CN(C(=O)N1CCC(C(=O)N(F)c2ccccc2)CC1)c1ccccc1. The number of urea groups is 1. The molecule has 0 N–H and O–H groups in total. The number of halogens is 1. The van der Waals surface area contributed by atoms with Gasteiger partial charge < -0.3 is 4.90 Å². The van der Waals surface area contributed by atoms with E-state index in [4.69, 9.17) is 0 Å². The molecule has 29 heavy (non-hydrogen) atoms. The number of rotatable bonds is 5. The van der Waals surface area contributed by atoms with Gasteiger partial charge in [0, 0.05) is 31.2 Å². The molecule has 1 aliphatic heterocycles. The number of carbonyl (C=O) groups excluding carboxylic acids is 2. The highest BCUT2D eigenvalue weighted by Gasteiger charge is 2.33. The van der Waals surface area contributed by atoms with Gasteiger partial charge in [-0.2, -0.15) is 0 Å². The summed E-state index contributed by atoms with van der Waals surface area (Å²) in [6.45, 7) is 5.66. The van der Waals surface area contributed by atoms with Gasteiger partial charge in [0.25, 0.3) is 5.91 Å². The van der Waals surface area contributed by atoms with Crippen molar-refractivity contribution < 1.29 is 14.1 Å². The van der Waals surface area contributed by atoms with Crippen molar-refractivity contribution in [2.45, 2.75) is 26.7 Å². The van der Waals surface area contributed by atoms with E-state index < -0.39 is 11.8 Å². The number of amides is 3. The normalized spacial score (nSPS) is 14.7. The fourth-order valence-corrected chi connectivity index (χ4v) is 3.60. The summed E-state index contributed by atoms with van der Waals surface area (Å²) in [7, 11) is 0. The zero-order chi connectivity index (χ0) is 20.8. The summed E-state index contributed by atoms with van der Waals surface area (Å²) in [4.78, 5) is 29.2. The number of carbonyl (C=O) groups is 2. The number of benzene rings is 2. The minimum atomic E-state index is -0.537. The van der Waals surface area contributed by atoms with E-state index in [1.54, 1.807) is 40.1 Å². The second-order valence-corrected chi connectivity index (χ2v) is 7.84. The van der Waals surface area contributed by atoms with Crippen molar-refractivity contribution in [3.8, 4) is 0 Å². The van der Waals surface area contributed by atoms with Crippen LogP contribution in [0, 0.1) is 11.8 Å². The number of nitrogens with zero attached hydrogens (tertiary/aromatic N) is 3. The van der Waals surface area contributed by atoms with E-state index in [9.17, 15) is 14.1 Å². The first-order valence-electron chi connectivity index (χ1n) is 10.1. The maximum absolute atomic E-state index is 14.5. The summed E-state index contributed by atoms with van der Waals surface area (Å²) in [6.07, 6.45) is 0.921. The Kier molecular flexibility index (Phi) is 6.86.